The Kier molecular flexibility index (Phi) is 8.96. The number of carbonyl (C=O) groups is 1. The number of thiophene rings is 1. The Morgan fingerprint density at radius 1 is 1.11 bits per heavy atom. The molecule has 1 aromatic heterocycles. The van der Waals surface area contributed by atoms with E-state index in [-0.39, 0.29) is 29.3 Å². The normalized spacial score (nSPS) is 16.4. The summed E-state index contributed by atoms with van der Waals surface area (Å²) < 4.78 is 34.9. The number of hydrogen-bond acceptors (Lipinski definition) is 5. The van der Waals surface area contributed by atoms with E-state index in [2.05, 4.69) is 17.5 Å². The molecule has 0 radical (unpaired) electrons. The number of nitrogens with zero attached hydrogens (tertiary/aromatic N) is 2. The molecule has 6 nitrogen and oxygen atoms in total. The average Bonchev–Trinajstić information content (AvgIpc) is 3.37. The van der Waals surface area contributed by atoms with E-state index in [0.29, 0.717) is 19.7 Å². The minimum Gasteiger partial charge on any atom is -0.491 e. The van der Waals surface area contributed by atoms with Gasteiger partial charge in [-0.1, -0.05) is 55.7 Å². The minimum absolute atomic E-state index is 0.122. The summed E-state index contributed by atoms with van der Waals surface area (Å²) in [7, 11) is -3.83. The van der Waals surface area contributed by atoms with Crippen LogP contribution in [0.1, 0.15) is 53.4 Å². The van der Waals surface area contributed by atoms with Gasteiger partial charge < -0.3 is 9.64 Å². The summed E-state index contributed by atoms with van der Waals surface area (Å²) in [5.41, 5.74) is 4.29. The van der Waals surface area contributed by atoms with Crippen LogP contribution in [0, 0.1) is 26.7 Å². The van der Waals surface area contributed by atoms with Crippen LogP contribution in [-0.4, -0.2) is 49.8 Å². The molecule has 0 unspecified atom stereocenters. The second-order valence-corrected chi connectivity index (χ2v) is 13.3. The third-order valence-electron chi connectivity index (χ3n) is 7.32. The molecular formula is C30H38N2O4S2. The fourth-order valence-corrected chi connectivity index (χ4v) is 7.27. The molecule has 0 fully saturated rings. The van der Waals surface area contributed by atoms with Gasteiger partial charge in [0.15, 0.2) is 0 Å². The van der Waals surface area contributed by atoms with E-state index in [1.165, 1.54) is 14.7 Å². The number of ether oxygens (including phenoxy) is 1. The highest BCUT2D eigenvalue weighted by molar-refractivity contribution is 7.89. The molecule has 2 heterocycles. The first-order valence-corrected chi connectivity index (χ1v) is 15.5. The molecule has 4 rings (SSSR count). The van der Waals surface area contributed by atoms with Crippen LogP contribution < -0.4 is 4.74 Å². The lowest BCUT2D eigenvalue weighted by Gasteiger charge is -2.37. The van der Waals surface area contributed by atoms with E-state index >= 15 is 0 Å². The zero-order valence-corrected chi connectivity index (χ0v) is 24.6. The van der Waals surface area contributed by atoms with Crippen LogP contribution in [0.3, 0.4) is 0 Å². The van der Waals surface area contributed by atoms with E-state index in [9.17, 15) is 13.2 Å². The van der Waals surface area contributed by atoms with Crippen molar-refractivity contribution < 1.29 is 17.9 Å². The van der Waals surface area contributed by atoms with Gasteiger partial charge in [0.05, 0.1) is 17.5 Å². The van der Waals surface area contributed by atoms with Gasteiger partial charge in [0.1, 0.15) is 12.4 Å². The van der Waals surface area contributed by atoms with Gasteiger partial charge in [-0.15, -0.1) is 11.3 Å². The molecule has 0 saturated carbocycles. The Balaban J connectivity index is 1.59. The summed E-state index contributed by atoms with van der Waals surface area (Å²) in [4.78, 5) is 17.1. The molecule has 8 heteroatoms. The van der Waals surface area contributed by atoms with Crippen molar-refractivity contribution in [3.8, 4) is 5.75 Å². The number of amides is 1. The summed E-state index contributed by atoms with van der Waals surface area (Å²) in [6.45, 7) is 11.0. The smallest absolute Gasteiger partial charge is 0.243 e. The van der Waals surface area contributed by atoms with Gasteiger partial charge in [-0.05, 0) is 73.9 Å². The number of benzene rings is 2. The van der Waals surface area contributed by atoms with Crippen molar-refractivity contribution in [2.45, 2.75) is 58.4 Å². The number of carbonyl (C=O) groups excluding carboxylic acids is 1. The number of sulfonamides is 1. The quantitative estimate of drug-likeness (QED) is 0.312. The van der Waals surface area contributed by atoms with Gasteiger partial charge in [-0.2, -0.15) is 4.31 Å². The fraction of sp³-hybridized carbons (Fsp3) is 0.433. The maximum atomic E-state index is 13.8. The summed E-state index contributed by atoms with van der Waals surface area (Å²) in [6.07, 6.45) is 1.58. The zero-order valence-electron chi connectivity index (χ0n) is 22.9. The highest BCUT2D eigenvalue weighted by atomic mass is 32.2. The fourth-order valence-electron chi connectivity index (χ4n) is 4.83. The maximum Gasteiger partial charge on any atom is 0.243 e. The summed E-state index contributed by atoms with van der Waals surface area (Å²) in [5.74, 6) is 0.720. The Morgan fingerprint density at radius 2 is 1.82 bits per heavy atom. The van der Waals surface area contributed by atoms with Crippen LogP contribution in [0.2, 0.25) is 0 Å². The molecule has 38 heavy (non-hydrogen) atoms. The van der Waals surface area contributed by atoms with Crippen molar-refractivity contribution in [1.29, 1.82) is 0 Å². The van der Waals surface area contributed by atoms with E-state index in [4.69, 9.17) is 4.74 Å². The van der Waals surface area contributed by atoms with Gasteiger partial charge in [0.2, 0.25) is 15.9 Å². The van der Waals surface area contributed by atoms with Gasteiger partial charge in [-0.3, -0.25) is 4.79 Å². The Morgan fingerprint density at radius 3 is 2.50 bits per heavy atom. The van der Waals surface area contributed by atoms with Crippen LogP contribution >= 0.6 is 11.3 Å². The first kappa shape index (κ1) is 28.3. The zero-order chi connectivity index (χ0) is 27.4. The molecule has 3 aromatic rings. The standard InChI is InChI=1S/C30H38N2O4S2/c1-6-21(2)18-31(38(34,35)25-10-7-22(3)8-11-25)19-30(33)32-15-13-29-26(14-16-37-29)27(32)20-36-28-12-9-23(4)17-24(28)5/h7-12,14,16-17,21,27H,6,13,15,18-20H2,1-5H3/t21-,27+/m0/s1. The second-order valence-electron chi connectivity index (χ2n) is 10.4. The lowest BCUT2D eigenvalue weighted by atomic mass is 10.0. The topological polar surface area (TPSA) is 66.9 Å². The van der Waals surface area contributed by atoms with Crippen molar-refractivity contribution in [1.82, 2.24) is 9.21 Å². The Bertz CT molecular complexity index is 1370. The van der Waals surface area contributed by atoms with E-state index in [1.54, 1.807) is 35.6 Å². The molecule has 0 saturated heterocycles. The number of aryl methyl sites for hydroxylation is 3. The number of hydrogen-bond donors (Lipinski definition) is 0. The first-order valence-electron chi connectivity index (χ1n) is 13.2. The summed E-state index contributed by atoms with van der Waals surface area (Å²) in [6, 6.07) is 14.7. The van der Waals surface area contributed by atoms with Gasteiger partial charge in [0.25, 0.3) is 0 Å². The molecule has 2 aromatic carbocycles. The molecule has 0 N–H and O–H groups in total. The van der Waals surface area contributed by atoms with Gasteiger partial charge in [0, 0.05) is 18.0 Å². The van der Waals surface area contributed by atoms with Crippen LogP contribution in [0.5, 0.6) is 5.75 Å². The monoisotopic (exact) mass is 554 g/mol. The molecule has 0 spiro atoms. The summed E-state index contributed by atoms with van der Waals surface area (Å²) in [5, 5.41) is 2.06. The van der Waals surface area contributed by atoms with Crippen molar-refractivity contribution in [3.63, 3.8) is 0 Å². The Hall–Kier alpha value is -2.68. The highest BCUT2D eigenvalue weighted by Gasteiger charge is 2.35. The van der Waals surface area contributed by atoms with Crippen molar-refractivity contribution in [2.75, 3.05) is 26.2 Å². The van der Waals surface area contributed by atoms with Gasteiger partial charge >= 0.3 is 0 Å². The highest BCUT2D eigenvalue weighted by Crippen LogP contribution is 2.34. The van der Waals surface area contributed by atoms with Crippen LogP contribution in [0.15, 0.2) is 58.8 Å². The molecule has 204 valence electrons. The minimum atomic E-state index is -3.83. The van der Waals surface area contributed by atoms with Crippen LogP contribution in [0.4, 0.5) is 0 Å². The van der Waals surface area contributed by atoms with Crippen molar-refractivity contribution >= 4 is 27.3 Å². The van der Waals surface area contributed by atoms with Gasteiger partial charge in [-0.25, -0.2) is 8.42 Å². The average molecular weight is 555 g/mol. The van der Waals surface area contributed by atoms with E-state index in [1.807, 2.05) is 51.7 Å². The number of fused-ring (bicyclic) bond motifs is 1. The second kappa shape index (κ2) is 12.0. The Labute approximate surface area is 231 Å². The van der Waals surface area contributed by atoms with E-state index < -0.39 is 10.0 Å². The third-order valence-corrected chi connectivity index (χ3v) is 10.1. The lowest BCUT2D eigenvalue weighted by molar-refractivity contribution is -0.135. The van der Waals surface area contributed by atoms with E-state index in [0.717, 1.165) is 35.3 Å². The van der Waals surface area contributed by atoms with Crippen LogP contribution in [-0.2, 0) is 21.2 Å². The molecule has 2 atom stereocenters. The molecule has 0 bridgehead atoms. The largest absolute Gasteiger partial charge is 0.491 e. The molecule has 1 aliphatic heterocycles. The van der Waals surface area contributed by atoms with Crippen molar-refractivity contribution in [3.05, 3.63) is 81.0 Å². The maximum absolute atomic E-state index is 13.8. The predicted molar refractivity (Wildman–Crippen MR) is 153 cm³/mol. The van der Waals surface area contributed by atoms with Crippen molar-refractivity contribution in [2.24, 2.45) is 5.92 Å². The summed E-state index contributed by atoms with van der Waals surface area (Å²) >= 11 is 1.70. The molecule has 1 aliphatic rings. The SMILES string of the molecule is CC[C@H](C)CN(CC(=O)N1CCc2sccc2[C@H]1COc1ccc(C)cc1C)S(=O)(=O)c1ccc(C)cc1. The molecule has 0 aliphatic carbocycles. The molecular weight excluding hydrogens is 516 g/mol. The van der Waals surface area contributed by atoms with Crippen LogP contribution in [0.25, 0.3) is 0 Å². The number of rotatable bonds is 10. The first-order chi connectivity index (χ1) is 18.1. The lowest BCUT2D eigenvalue weighted by Crippen LogP contribution is -2.48. The third kappa shape index (κ3) is 6.30. The molecule has 1 amide bonds. The predicted octanol–water partition coefficient (Wildman–Crippen LogP) is 5.92.